The summed E-state index contributed by atoms with van der Waals surface area (Å²) in [6, 6.07) is 4.21. The normalized spacial score (nSPS) is 19.2. The first-order valence-electron chi connectivity index (χ1n) is 11.4. The molecule has 3 aromatic rings. The number of pyridine rings is 1. The van der Waals surface area contributed by atoms with Crippen molar-refractivity contribution in [3.05, 3.63) is 23.0 Å². The summed E-state index contributed by atoms with van der Waals surface area (Å²) in [5.74, 6) is 0.309. The Kier molecular flexibility index (Phi) is 7.40. The molecule has 0 spiro atoms. The van der Waals surface area contributed by atoms with Crippen molar-refractivity contribution in [2.75, 3.05) is 44.3 Å². The van der Waals surface area contributed by atoms with Gasteiger partial charge < -0.3 is 0 Å². The van der Waals surface area contributed by atoms with Crippen LogP contribution < -0.4 is 9.62 Å². The SMILES string of the molecule is CC(C)S(=O)N1CCN(c2cc(SNC3(C#N)COC3)cn3c(-c4nnc(C(F)(F)F)[se]4)ncc23)CC1. The topological polar surface area (TPSA) is 112 Å². The van der Waals surface area contributed by atoms with Crippen LogP contribution >= 0.6 is 11.9 Å². The van der Waals surface area contributed by atoms with Gasteiger partial charge in [0.2, 0.25) is 0 Å². The first kappa shape index (κ1) is 26.6. The van der Waals surface area contributed by atoms with Crippen LogP contribution in [0.1, 0.15) is 18.4 Å². The van der Waals surface area contributed by atoms with Crippen LogP contribution in [0.5, 0.6) is 0 Å². The first-order valence-corrected chi connectivity index (χ1v) is 15.1. The van der Waals surface area contributed by atoms with Crippen LogP contribution in [0.3, 0.4) is 0 Å². The number of imidazole rings is 1. The van der Waals surface area contributed by atoms with Crippen molar-refractivity contribution >= 4 is 48.6 Å². The Morgan fingerprint density at radius 3 is 2.57 bits per heavy atom. The predicted molar refractivity (Wildman–Crippen MR) is 133 cm³/mol. The van der Waals surface area contributed by atoms with Crippen molar-refractivity contribution in [2.45, 2.75) is 35.7 Å². The second-order valence-electron chi connectivity index (χ2n) is 8.94. The van der Waals surface area contributed by atoms with E-state index in [-0.39, 0.29) is 23.0 Å². The van der Waals surface area contributed by atoms with Gasteiger partial charge in [0, 0.05) is 0 Å². The molecule has 1 N–H and O–H groups in total. The molecule has 0 radical (unpaired) electrons. The molecule has 3 aromatic heterocycles. The van der Waals surface area contributed by atoms with Crippen LogP contribution in [-0.4, -0.2) is 92.8 Å². The summed E-state index contributed by atoms with van der Waals surface area (Å²) in [4.78, 5) is 7.34. The molecule has 0 bridgehead atoms. The minimum absolute atomic E-state index is 0.0299. The number of ether oxygens (including phenoxy) is 1. The molecule has 2 fully saturated rings. The van der Waals surface area contributed by atoms with Crippen LogP contribution in [0.4, 0.5) is 18.9 Å². The molecule has 0 aromatic carbocycles. The summed E-state index contributed by atoms with van der Waals surface area (Å²) in [6.45, 7) is 6.87. The van der Waals surface area contributed by atoms with Crippen LogP contribution in [0.25, 0.3) is 15.9 Å². The molecule has 37 heavy (non-hydrogen) atoms. The molecule has 2 saturated heterocycles. The number of hydrogen-bond donors (Lipinski definition) is 1. The molecular formula is C21H23F3N8O2S2Se. The Balaban J connectivity index is 1.50. The van der Waals surface area contributed by atoms with Gasteiger partial charge in [-0.15, -0.1) is 0 Å². The zero-order chi connectivity index (χ0) is 26.4. The molecule has 0 aliphatic carbocycles. The van der Waals surface area contributed by atoms with Crippen molar-refractivity contribution in [3.63, 3.8) is 0 Å². The molecule has 0 amide bonds. The molecule has 2 aliphatic rings. The maximum absolute atomic E-state index is 13.2. The van der Waals surface area contributed by atoms with Crippen LogP contribution in [0.15, 0.2) is 23.4 Å². The second-order valence-corrected chi connectivity index (χ2v) is 13.9. The van der Waals surface area contributed by atoms with E-state index in [4.69, 9.17) is 4.74 Å². The van der Waals surface area contributed by atoms with Crippen molar-refractivity contribution in [2.24, 2.45) is 0 Å². The van der Waals surface area contributed by atoms with Crippen molar-refractivity contribution in [1.29, 1.82) is 5.26 Å². The van der Waals surface area contributed by atoms with Gasteiger partial charge in [-0.25, -0.2) is 0 Å². The van der Waals surface area contributed by atoms with Gasteiger partial charge in [-0.3, -0.25) is 0 Å². The standard InChI is InChI=1S/C21H23F3N8O2S2Se/c1-13(2)36(33)31-5-3-30(4-6-31)15-7-14(35-29-20(10-25)11-34-12-20)9-32-16(15)8-26-17(32)18-27-28-19(37-18)21(22,23)24/h7-9,13,29H,3-6,11-12H2,1-2H3. The first-order chi connectivity index (χ1) is 17.6. The van der Waals surface area contributed by atoms with E-state index in [9.17, 15) is 22.6 Å². The van der Waals surface area contributed by atoms with Gasteiger partial charge >= 0.3 is 224 Å². The average molecular weight is 620 g/mol. The fourth-order valence-corrected chi connectivity index (χ4v) is 7.37. The average Bonchev–Trinajstić information content (AvgIpc) is 3.50. The fourth-order valence-electron chi connectivity index (χ4n) is 3.97. The fraction of sp³-hybridized carbons (Fsp3) is 0.524. The van der Waals surface area contributed by atoms with Gasteiger partial charge in [0.05, 0.1) is 0 Å². The zero-order valence-corrected chi connectivity index (χ0v) is 23.2. The molecule has 0 saturated carbocycles. The van der Waals surface area contributed by atoms with Crippen LogP contribution in [0.2, 0.25) is 0 Å². The summed E-state index contributed by atoms with van der Waals surface area (Å²) in [7, 11) is -1.06. The minimum atomic E-state index is -4.53. The Hall–Kier alpha value is -1.99. The number of nitrogens with one attached hydrogen (secondary N) is 1. The van der Waals surface area contributed by atoms with Crippen molar-refractivity contribution < 1.29 is 22.1 Å². The summed E-state index contributed by atoms with van der Waals surface area (Å²) >= 11 is 0.136. The third kappa shape index (κ3) is 5.31. The van der Waals surface area contributed by atoms with Gasteiger partial charge in [0.1, 0.15) is 0 Å². The number of hydrogen-bond acceptors (Lipinski definition) is 9. The Morgan fingerprint density at radius 2 is 2.00 bits per heavy atom. The van der Waals surface area contributed by atoms with Gasteiger partial charge in [-0.2, -0.15) is 0 Å². The molecule has 5 heterocycles. The van der Waals surface area contributed by atoms with E-state index in [0.717, 1.165) is 16.1 Å². The summed E-state index contributed by atoms with van der Waals surface area (Å²) in [6.07, 6.45) is -1.12. The third-order valence-electron chi connectivity index (χ3n) is 5.97. The van der Waals surface area contributed by atoms with E-state index in [1.54, 1.807) is 16.8 Å². The van der Waals surface area contributed by atoms with E-state index in [1.165, 1.54) is 11.9 Å². The number of alkyl halides is 3. The predicted octanol–water partition coefficient (Wildman–Crippen LogP) is 1.95. The number of anilines is 1. The molecule has 1 unspecified atom stereocenters. The van der Waals surface area contributed by atoms with Crippen molar-refractivity contribution in [3.8, 4) is 16.5 Å². The number of rotatable bonds is 7. The second kappa shape index (κ2) is 10.3. The number of piperazine rings is 1. The maximum atomic E-state index is 13.2. The van der Waals surface area contributed by atoms with E-state index in [1.807, 2.05) is 24.2 Å². The van der Waals surface area contributed by atoms with E-state index < -0.39 is 41.8 Å². The molecular weight excluding hydrogens is 596 g/mol. The Bertz CT molecular complexity index is 1360. The van der Waals surface area contributed by atoms with E-state index in [0.29, 0.717) is 32.0 Å². The van der Waals surface area contributed by atoms with Crippen LogP contribution in [-0.2, 0) is 21.9 Å². The zero-order valence-electron chi connectivity index (χ0n) is 19.9. The Morgan fingerprint density at radius 1 is 1.27 bits per heavy atom. The number of halogens is 3. The molecule has 16 heteroatoms. The van der Waals surface area contributed by atoms with E-state index in [2.05, 4.69) is 30.9 Å². The number of fused-ring (bicyclic) bond motifs is 1. The Labute approximate surface area is 223 Å². The number of nitrogens with zero attached hydrogens (tertiary/aromatic N) is 7. The van der Waals surface area contributed by atoms with Gasteiger partial charge in [0.15, 0.2) is 0 Å². The van der Waals surface area contributed by atoms with E-state index >= 15 is 0 Å². The van der Waals surface area contributed by atoms with Gasteiger partial charge in [-0.1, -0.05) is 0 Å². The molecule has 1 atom stereocenters. The van der Waals surface area contributed by atoms with Crippen LogP contribution in [0, 0.1) is 11.3 Å². The van der Waals surface area contributed by atoms with Gasteiger partial charge in [0.25, 0.3) is 0 Å². The summed E-state index contributed by atoms with van der Waals surface area (Å²) in [5.41, 5.74) is 0.774. The summed E-state index contributed by atoms with van der Waals surface area (Å²) < 4.78 is 63.5. The monoisotopic (exact) mass is 620 g/mol. The van der Waals surface area contributed by atoms with Gasteiger partial charge in [-0.05, 0) is 0 Å². The summed E-state index contributed by atoms with van der Waals surface area (Å²) in [5, 5.41) is 16.7. The number of aromatic nitrogens is 4. The molecule has 2 aliphatic heterocycles. The molecule has 10 nitrogen and oxygen atoms in total. The number of nitriles is 1. The molecule has 5 rings (SSSR count). The van der Waals surface area contributed by atoms with Crippen molar-refractivity contribution in [1.82, 2.24) is 28.6 Å². The third-order valence-corrected chi connectivity index (χ3v) is 10.6. The molecule has 198 valence electrons. The quantitative estimate of drug-likeness (QED) is 0.314.